The van der Waals surface area contributed by atoms with Crippen LogP contribution in [0.2, 0.25) is 5.02 Å². The quantitative estimate of drug-likeness (QED) is 0.820. The summed E-state index contributed by atoms with van der Waals surface area (Å²) in [5.41, 5.74) is 1.63. The van der Waals surface area contributed by atoms with E-state index in [0.717, 1.165) is 11.1 Å². The maximum absolute atomic E-state index is 12.2. The predicted molar refractivity (Wildman–Crippen MR) is 95.8 cm³/mol. The van der Waals surface area contributed by atoms with Crippen molar-refractivity contribution in [1.82, 2.24) is 4.90 Å². The second-order valence-electron chi connectivity index (χ2n) is 5.72. The molecule has 1 atom stereocenters. The van der Waals surface area contributed by atoms with Gasteiger partial charge in [-0.1, -0.05) is 41.9 Å². The van der Waals surface area contributed by atoms with Crippen LogP contribution in [0.4, 0.5) is 0 Å². The Hall–Kier alpha value is -2.53. The Labute approximate surface area is 151 Å². The number of aliphatic carboxylic acids is 1. The molecule has 0 aliphatic rings. The molecule has 0 fully saturated rings. The molecule has 6 heteroatoms. The van der Waals surface area contributed by atoms with Crippen LogP contribution >= 0.6 is 11.6 Å². The van der Waals surface area contributed by atoms with Crippen LogP contribution in [0, 0.1) is 0 Å². The van der Waals surface area contributed by atoms with Gasteiger partial charge in [0.15, 0.2) is 0 Å². The standard InChI is InChI=1S/C19H20ClNO4/c1-13(19(23)24)21(2)18(22)11-14-6-5-8-16(10-14)25-12-15-7-3-4-9-17(15)20/h3-10,13H,11-12H2,1-2H3,(H,23,24). The number of carboxylic acids is 1. The third-order valence-electron chi connectivity index (χ3n) is 3.94. The lowest BCUT2D eigenvalue weighted by molar-refractivity contribution is -0.148. The van der Waals surface area contributed by atoms with Gasteiger partial charge in [0.1, 0.15) is 18.4 Å². The molecule has 2 rings (SSSR count). The largest absolute Gasteiger partial charge is 0.489 e. The van der Waals surface area contributed by atoms with Crippen LogP contribution in [-0.2, 0) is 22.6 Å². The van der Waals surface area contributed by atoms with Crippen molar-refractivity contribution in [3.05, 3.63) is 64.7 Å². The number of ether oxygens (including phenoxy) is 1. The number of halogens is 1. The first-order valence-corrected chi connectivity index (χ1v) is 8.20. The summed E-state index contributed by atoms with van der Waals surface area (Å²) in [5, 5.41) is 9.62. The summed E-state index contributed by atoms with van der Waals surface area (Å²) in [4.78, 5) is 24.4. The highest BCUT2D eigenvalue weighted by Crippen LogP contribution is 2.20. The van der Waals surface area contributed by atoms with Gasteiger partial charge in [0.2, 0.25) is 5.91 Å². The van der Waals surface area contributed by atoms with Gasteiger partial charge < -0.3 is 14.7 Å². The molecular weight excluding hydrogens is 342 g/mol. The number of likely N-dealkylation sites (N-methyl/N-ethyl adjacent to an activating group) is 1. The molecular formula is C19H20ClNO4. The molecule has 5 nitrogen and oxygen atoms in total. The van der Waals surface area contributed by atoms with E-state index >= 15 is 0 Å². The van der Waals surface area contributed by atoms with Crippen molar-refractivity contribution in [3.8, 4) is 5.75 Å². The highest BCUT2D eigenvalue weighted by molar-refractivity contribution is 6.31. The predicted octanol–water partition coefficient (Wildman–Crippen LogP) is 3.39. The molecule has 2 aromatic rings. The third kappa shape index (κ3) is 5.22. The molecule has 132 valence electrons. The maximum atomic E-state index is 12.2. The molecule has 0 radical (unpaired) electrons. The van der Waals surface area contributed by atoms with Gasteiger partial charge in [0, 0.05) is 17.6 Å². The van der Waals surface area contributed by atoms with Gasteiger partial charge in [-0.3, -0.25) is 4.79 Å². The molecule has 0 aliphatic heterocycles. The average Bonchev–Trinajstić information content (AvgIpc) is 2.60. The molecule has 0 saturated carbocycles. The Bertz CT molecular complexity index is 763. The minimum Gasteiger partial charge on any atom is -0.489 e. The van der Waals surface area contributed by atoms with Crippen LogP contribution in [-0.4, -0.2) is 35.0 Å². The molecule has 1 N–H and O–H groups in total. The maximum Gasteiger partial charge on any atom is 0.326 e. The van der Waals surface area contributed by atoms with E-state index in [-0.39, 0.29) is 12.3 Å². The van der Waals surface area contributed by atoms with Crippen molar-refractivity contribution in [2.75, 3.05) is 7.05 Å². The Morgan fingerprint density at radius 1 is 1.20 bits per heavy atom. The number of hydrogen-bond donors (Lipinski definition) is 1. The molecule has 0 bridgehead atoms. The number of carboxylic acid groups (broad SMARTS) is 1. The number of rotatable bonds is 7. The smallest absolute Gasteiger partial charge is 0.326 e. The van der Waals surface area contributed by atoms with Gasteiger partial charge >= 0.3 is 5.97 Å². The SMILES string of the molecule is CC(C(=O)O)N(C)C(=O)Cc1cccc(OCc2ccccc2Cl)c1. The minimum atomic E-state index is -1.03. The van der Waals surface area contributed by atoms with Crippen LogP contribution in [0.25, 0.3) is 0 Å². The number of carbonyl (C=O) groups excluding carboxylic acids is 1. The highest BCUT2D eigenvalue weighted by Gasteiger charge is 2.21. The normalized spacial score (nSPS) is 11.6. The van der Waals surface area contributed by atoms with Crippen molar-refractivity contribution in [3.63, 3.8) is 0 Å². The summed E-state index contributed by atoms with van der Waals surface area (Å²) in [6.45, 7) is 1.80. The number of hydrogen-bond acceptors (Lipinski definition) is 3. The first kappa shape index (κ1) is 18.8. The zero-order chi connectivity index (χ0) is 18.4. The van der Waals surface area contributed by atoms with Crippen molar-refractivity contribution >= 4 is 23.5 Å². The fourth-order valence-electron chi connectivity index (χ4n) is 2.20. The summed E-state index contributed by atoms with van der Waals surface area (Å²) >= 11 is 6.10. The second kappa shape index (κ2) is 8.53. The van der Waals surface area contributed by atoms with Gasteiger partial charge in [-0.15, -0.1) is 0 Å². The summed E-state index contributed by atoms with van der Waals surface area (Å²) in [5.74, 6) is -0.676. The summed E-state index contributed by atoms with van der Waals surface area (Å²) < 4.78 is 5.74. The van der Waals surface area contributed by atoms with E-state index < -0.39 is 12.0 Å². The van der Waals surface area contributed by atoms with Gasteiger partial charge in [0.05, 0.1) is 6.42 Å². The molecule has 0 aliphatic carbocycles. The van der Waals surface area contributed by atoms with E-state index in [1.54, 1.807) is 30.3 Å². The Morgan fingerprint density at radius 3 is 2.60 bits per heavy atom. The summed E-state index contributed by atoms with van der Waals surface area (Å²) in [6, 6.07) is 13.7. The van der Waals surface area contributed by atoms with Crippen molar-refractivity contribution in [2.45, 2.75) is 26.0 Å². The molecule has 0 saturated heterocycles. The Kier molecular flexibility index (Phi) is 6.42. The lowest BCUT2D eigenvalue weighted by Crippen LogP contribution is -2.41. The zero-order valence-corrected chi connectivity index (χ0v) is 14.9. The lowest BCUT2D eigenvalue weighted by Gasteiger charge is -2.21. The Morgan fingerprint density at radius 2 is 1.92 bits per heavy atom. The summed E-state index contributed by atoms with van der Waals surface area (Å²) in [6.07, 6.45) is 0.109. The topological polar surface area (TPSA) is 66.8 Å². The van der Waals surface area contributed by atoms with E-state index in [9.17, 15) is 9.59 Å². The average molecular weight is 362 g/mol. The van der Waals surface area contributed by atoms with Gasteiger partial charge in [-0.2, -0.15) is 0 Å². The lowest BCUT2D eigenvalue weighted by atomic mass is 10.1. The van der Waals surface area contributed by atoms with Crippen LogP contribution in [0.15, 0.2) is 48.5 Å². The molecule has 2 aromatic carbocycles. The van der Waals surface area contributed by atoms with Gasteiger partial charge in [-0.05, 0) is 30.7 Å². The number of carbonyl (C=O) groups is 2. The van der Waals surface area contributed by atoms with E-state index in [1.165, 1.54) is 18.9 Å². The van der Waals surface area contributed by atoms with Crippen molar-refractivity contribution in [2.24, 2.45) is 0 Å². The van der Waals surface area contributed by atoms with E-state index in [0.29, 0.717) is 17.4 Å². The van der Waals surface area contributed by atoms with E-state index in [2.05, 4.69) is 0 Å². The monoisotopic (exact) mass is 361 g/mol. The fourth-order valence-corrected chi connectivity index (χ4v) is 2.39. The van der Waals surface area contributed by atoms with Gasteiger partial charge in [-0.25, -0.2) is 4.79 Å². The molecule has 0 aromatic heterocycles. The van der Waals surface area contributed by atoms with Crippen LogP contribution in [0.5, 0.6) is 5.75 Å². The zero-order valence-electron chi connectivity index (χ0n) is 14.1. The fraction of sp³-hybridized carbons (Fsp3) is 0.263. The molecule has 1 amide bonds. The van der Waals surface area contributed by atoms with E-state index in [4.69, 9.17) is 21.4 Å². The molecule has 0 spiro atoms. The summed E-state index contributed by atoms with van der Waals surface area (Å²) in [7, 11) is 1.48. The molecule has 25 heavy (non-hydrogen) atoms. The highest BCUT2D eigenvalue weighted by atomic mass is 35.5. The third-order valence-corrected chi connectivity index (χ3v) is 4.31. The van der Waals surface area contributed by atoms with Crippen molar-refractivity contribution in [1.29, 1.82) is 0 Å². The molecule has 1 unspecified atom stereocenters. The van der Waals surface area contributed by atoms with Crippen molar-refractivity contribution < 1.29 is 19.4 Å². The number of nitrogens with zero attached hydrogens (tertiary/aromatic N) is 1. The second-order valence-corrected chi connectivity index (χ2v) is 6.13. The Balaban J connectivity index is 2.00. The van der Waals surface area contributed by atoms with E-state index in [1.807, 2.05) is 18.2 Å². The molecule has 0 heterocycles. The first-order chi connectivity index (χ1) is 11.9. The van der Waals surface area contributed by atoms with Gasteiger partial charge in [0.25, 0.3) is 0 Å². The number of benzene rings is 2. The van der Waals surface area contributed by atoms with Crippen LogP contribution in [0.1, 0.15) is 18.1 Å². The minimum absolute atomic E-state index is 0.109. The van der Waals surface area contributed by atoms with Crippen LogP contribution < -0.4 is 4.74 Å². The van der Waals surface area contributed by atoms with Crippen LogP contribution in [0.3, 0.4) is 0 Å². The number of amides is 1. The first-order valence-electron chi connectivity index (χ1n) is 7.82.